The number of alkyl carbamates (subject to hydrolysis) is 1. The molecule has 3 rings (SSSR count). The molecule has 2 aromatic carbocycles. The summed E-state index contributed by atoms with van der Waals surface area (Å²) in [4.78, 5) is 46.2. The van der Waals surface area contributed by atoms with Gasteiger partial charge in [0.15, 0.2) is 0 Å². The molecule has 180 valence electrons. The molecule has 1 aliphatic carbocycles. The molecular weight excluding hydrogens is 444 g/mol. The molecule has 0 aromatic heterocycles. The molecule has 1 atom stereocenters. The highest BCUT2D eigenvalue weighted by Crippen LogP contribution is 2.44. The number of carbonyl (C=O) groups is 4. The number of fused-ring (bicyclic) bond motifs is 3. The van der Waals surface area contributed by atoms with Gasteiger partial charge < -0.3 is 30.0 Å². The normalized spacial score (nSPS) is 12.7. The zero-order valence-electron chi connectivity index (χ0n) is 18.6. The van der Waals surface area contributed by atoms with Gasteiger partial charge >= 0.3 is 18.0 Å². The molecule has 10 nitrogen and oxygen atoms in total. The van der Waals surface area contributed by atoms with E-state index < -0.39 is 43.0 Å². The topological polar surface area (TPSA) is 140 Å². The van der Waals surface area contributed by atoms with E-state index in [1.54, 1.807) is 0 Å². The number of carbonyl (C=O) groups excluding carboxylic acids is 3. The number of hydrogen-bond acceptors (Lipinski definition) is 7. The van der Waals surface area contributed by atoms with Crippen LogP contribution in [0.1, 0.15) is 23.5 Å². The second-order valence-corrected chi connectivity index (χ2v) is 7.54. The third-order valence-corrected chi connectivity index (χ3v) is 5.32. The maximum Gasteiger partial charge on any atom is 0.407 e. The Bertz CT molecular complexity index is 1010. The van der Waals surface area contributed by atoms with Crippen LogP contribution < -0.4 is 10.6 Å². The first kappa shape index (κ1) is 24.7. The summed E-state index contributed by atoms with van der Waals surface area (Å²) >= 11 is 0. The van der Waals surface area contributed by atoms with Gasteiger partial charge in [0, 0.05) is 12.5 Å². The number of methoxy groups -OCH3 is 1. The summed E-state index contributed by atoms with van der Waals surface area (Å²) in [5.41, 5.74) is 4.49. The summed E-state index contributed by atoms with van der Waals surface area (Å²) in [5, 5.41) is 13.8. The van der Waals surface area contributed by atoms with Crippen LogP contribution in [-0.4, -0.2) is 68.6 Å². The van der Waals surface area contributed by atoms with Crippen molar-refractivity contribution in [1.82, 2.24) is 10.6 Å². The second-order valence-electron chi connectivity index (χ2n) is 7.54. The number of aliphatic carboxylic acids is 1. The summed E-state index contributed by atoms with van der Waals surface area (Å²) in [6.45, 7) is -0.155. The lowest BCUT2D eigenvalue weighted by atomic mass is 9.98. The zero-order chi connectivity index (χ0) is 24.5. The fraction of sp³-hybridized carbons (Fsp3) is 0.333. The van der Waals surface area contributed by atoms with E-state index in [0.29, 0.717) is 0 Å². The average Bonchev–Trinajstić information content (AvgIpc) is 3.15. The third kappa shape index (κ3) is 6.32. The Morgan fingerprint density at radius 3 is 2.21 bits per heavy atom. The lowest BCUT2D eigenvalue weighted by Crippen LogP contribution is -2.44. The molecule has 0 saturated carbocycles. The van der Waals surface area contributed by atoms with Crippen molar-refractivity contribution in [3.63, 3.8) is 0 Å². The van der Waals surface area contributed by atoms with Gasteiger partial charge in [-0.3, -0.25) is 9.59 Å². The smallest absolute Gasteiger partial charge is 0.407 e. The van der Waals surface area contributed by atoms with E-state index in [-0.39, 0.29) is 25.7 Å². The van der Waals surface area contributed by atoms with Crippen molar-refractivity contribution in [3.05, 3.63) is 59.7 Å². The second kappa shape index (κ2) is 11.8. The first-order chi connectivity index (χ1) is 16.4. The number of carboxylic acid groups (broad SMARTS) is 1. The molecule has 0 bridgehead atoms. The van der Waals surface area contributed by atoms with Crippen LogP contribution in [0.15, 0.2) is 48.5 Å². The number of nitrogens with one attached hydrogen (secondary N) is 2. The molecule has 0 unspecified atom stereocenters. The Morgan fingerprint density at radius 2 is 1.62 bits per heavy atom. The van der Waals surface area contributed by atoms with Crippen molar-refractivity contribution in [1.29, 1.82) is 0 Å². The summed E-state index contributed by atoms with van der Waals surface area (Å²) in [6, 6.07) is 14.6. The number of amides is 2. The standard InChI is InChI=1S/C24H26N2O8/c1-32-22(28)12-20(23(29)30)26-21(27)14-33-11-10-25-24(31)34-13-19-17-8-4-2-6-15(17)16-7-3-5-9-18(16)19/h2-9,19-20H,10-14H2,1H3,(H,25,31)(H,26,27)(H,29,30)/t20-/m0/s1. The molecule has 10 heteroatoms. The Kier molecular flexibility index (Phi) is 8.58. The number of ether oxygens (including phenoxy) is 3. The molecule has 2 aromatic rings. The largest absolute Gasteiger partial charge is 0.480 e. The predicted octanol–water partition coefficient (Wildman–Crippen LogP) is 1.67. The van der Waals surface area contributed by atoms with Crippen LogP contribution in [0.25, 0.3) is 11.1 Å². The van der Waals surface area contributed by atoms with Gasteiger partial charge in [-0.25, -0.2) is 9.59 Å². The first-order valence-corrected chi connectivity index (χ1v) is 10.7. The molecule has 2 amide bonds. The Balaban J connectivity index is 1.37. The van der Waals surface area contributed by atoms with E-state index in [0.717, 1.165) is 29.4 Å². The number of hydrogen-bond donors (Lipinski definition) is 3. The number of rotatable bonds is 11. The van der Waals surface area contributed by atoms with Crippen LogP contribution >= 0.6 is 0 Å². The van der Waals surface area contributed by atoms with E-state index in [2.05, 4.69) is 27.5 Å². The van der Waals surface area contributed by atoms with E-state index in [4.69, 9.17) is 14.6 Å². The minimum atomic E-state index is -1.41. The monoisotopic (exact) mass is 470 g/mol. The van der Waals surface area contributed by atoms with Crippen LogP contribution in [0.3, 0.4) is 0 Å². The highest BCUT2D eigenvalue weighted by Gasteiger charge is 2.29. The average molecular weight is 470 g/mol. The van der Waals surface area contributed by atoms with Crippen LogP contribution in [0, 0.1) is 0 Å². The van der Waals surface area contributed by atoms with Crippen LogP contribution in [-0.2, 0) is 28.6 Å². The quantitative estimate of drug-likeness (QED) is 0.333. The van der Waals surface area contributed by atoms with E-state index >= 15 is 0 Å². The summed E-state index contributed by atoms with van der Waals surface area (Å²) in [6.07, 6.45) is -1.11. The number of esters is 1. The lowest BCUT2D eigenvalue weighted by molar-refractivity contribution is -0.149. The fourth-order valence-electron chi connectivity index (χ4n) is 3.73. The Hall–Kier alpha value is -3.92. The molecule has 1 aliphatic rings. The Morgan fingerprint density at radius 1 is 1.00 bits per heavy atom. The highest BCUT2D eigenvalue weighted by molar-refractivity contribution is 5.87. The van der Waals surface area contributed by atoms with E-state index in [1.165, 1.54) is 0 Å². The SMILES string of the molecule is COC(=O)C[C@H](NC(=O)COCCNC(=O)OCC1c2ccccc2-c2ccccc21)C(=O)O. The molecule has 0 radical (unpaired) electrons. The van der Waals surface area contributed by atoms with Gasteiger partial charge in [0.1, 0.15) is 19.3 Å². The maximum atomic E-state index is 12.1. The number of benzene rings is 2. The van der Waals surface area contributed by atoms with Crippen molar-refractivity contribution < 1.29 is 38.5 Å². The molecule has 0 aliphatic heterocycles. The van der Waals surface area contributed by atoms with Crippen LogP contribution in [0.5, 0.6) is 0 Å². The van der Waals surface area contributed by atoms with Crippen LogP contribution in [0.2, 0.25) is 0 Å². The minimum Gasteiger partial charge on any atom is -0.480 e. The minimum absolute atomic E-state index is 0.00630. The summed E-state index contributed by atoms with van der Waals surface area (Å²) in [7, 11) is 1.12. The van der Waals surface area contributed by atoms with Gasteiger partial charge in [-0.1, -0.05) is 48.5 Å². The molecule has 0 heterocycles. The molecule has 34 heavy (non-hydrogen) atoms. The first-order valence-electron chi connectivity index (χ1n) is 10.7. The maximum absolute atomic E-state index is 12.1. The van der Waals surface area contributed by atoms with E-state index in [1.807, 2.05) is 36.4 Å². The van der Waals surface area contributed by atoms with Gasteiger partial charge in [-0.2, -0.15) is 0 Å². The van der Waals surface area contributed by atoms with Gasteiger partial charge in [0.2, 0.25) is 5.91 Å². The molecular formula is C24H26N2O8. The Labute approximate surface area is 196 Å². The fourth-order valence-corrected chi connectivity index (χ4v) is 3.73. The molecule has 0 fully saturated rings. The van der Waals surface area contributed by atoms with Gasteiger partial charge in [0.25, 0.3) is 0 Å². The van der Waals surface area contributed by atoms with Gasteiger partial charge in [0.05, 0.1) is 20.1 Å². The van der Waals surface area contributed by atoms with Crippen molar-refractivity contribution in [2.24, 2.45) is 0 Å². The van der Waals surface area contributed by atoms with E-state index in [9.17, 15) is 19.2 Å². The van der Waals surface area contributed by atoms with Crippen molar-refractivity contribution in [2.75, 3.05) is 33.5 Å². The highest BCUT2D eigenvalue weighted by atomic mass is 16.5. The molecule has 0 spiro atoms. The van der Waals surface area contributed by atoms with Gasteiger partial charge in [-0.05, 0) is 22.3 Å². The third-order valence-electron chi connectivity index (χ3n) is 5.32. The summed E-state index contributed by atoms with van der Waals surface area (Å²) in [5.74, 6) is -2.89. The van der Waals surface area contributed by atoms with Gasteiger partial charge in [-0.15, -0.1) is 0 Å². The zero-order valence-corrected chi connectivity index (χ0v) is 18.6. The molecule has 0 saturated heterocycles. The van der Waals surface area contributed by atoms with Crippen molar-refractivity contribution in [2.45, 2.75) is 18.4 Å². The number of carboxylic acids is 1. The van der Waals surface area contributed by atoms with Crippen molar-refractivity contribution >= 4 is 23.9 Å². The summed E-state index contributed by atoms with van der Waals surface area (Å²) < 4.78 is 14.9. The lowest BCUT2D eigenvalue weighted by Gasteiger charge is -2.15. The predicted molar refractivity (Wildman–Crippen MR) is 120 cm³/mol. The van der Waals surface area contributed by atoms with Crippen LogP contribution in [0.4, 0.5) is 4.79 Å². The molecule has 3 N–H and O–H groups in total. The van der Waals surface area contributed by atoms with Crippen molar-refractivity contribution in [3.8, 4) is 11.1 Å².